The molecule has 3 heteroatoms. The molecule has 0 saturated heterocycles. The normalized spacial score (nSPS) is 11.9. The molecule has 0 amide bonds. The van der Waals surface area contributed by atoms with E-state index in [9.17, 15) is 0 Å². The van der Waals surface area contributed by atoms with Crippen molar-refractivity contribution in [3.8, 4) is 5.75 Å². The quantitative estimate of drug-likeness (QED) is 0.864. The molecule has 1 unspecified atom stereocenters. The first-order valence-corrected chi connectivity index (χ1v) is 7.12. The van der Waals surface area contributed by atoms with Gasteiger partial charge in [0, 0.05) is 12.2 Å². The fraction of sp³-hybridized carbons (Fsp3) is 0.250. The highest BCUT2D eigenvalue weighted by atomic mass is 79.9. The number of ether oxygens (including phenoxy) is 1. The molecule has 0 aliphatic rings. The molecule has 100 valence electrons. The summed E-state index contributed by atoms with van der Waals surface area (Å²) in [6.07, 6.45) is 0. The zero-order valence-electron chi connectivity index (χ0n) is 11.2. The zero-order chi connectivity index (χ0) is 13.7. The van der Waals surface area contributed by atoms with E-state index in [4.69, 9.17) is 4.74 Å². The van der Waals surface area contributed by atoms with E-state index in [0.29, 0.717) is 5.92 Å². The van der Waals surface area contributed by atoms with E-state index in [-0.39, 0.29) is 0 Å². The van der Waals surface area contributed by atoms with Crippen molar-refractivity contribution in [2.45, 2.75) is 12.8 Å². The third kappa shape index (κ3) is 3.74. The zero-order valence-corrected chi connectivity index (χ0v) is 12.8. The van der Waals surface area contributed by atoms with Gasteiger partial charge in [0.25, 0.3) is 0 Å². The van der Waals surface area contributed by atoms with Crippen molar-refractivity contribution < 1.29 is 4.74 Å². The van der Waals surface area contributed by atoms with E-state index in [0.717, 1.165) is 22.5 Å². The van der Waals surface area contributed by atoms with Gasteiger partial charge < -0.3 is 10.1 Å². The number of benzene rings is 2. The number of anilines is 1. The Bertz CT molecular complexity index is 528. The summed E-state index contributed by atoms with van der Waals surface area (Å²) >= 11 is 3.49. The highest BCUT2D eigenvalue weighted by molar-refractivity contribution is 9.10. The molecule has 2 rings (SSSR count). The number of nitrogens with one attached hydrogen (secondary N) is 1. The third-order valence-corrected chi connectivity index (χ3v) is 3.75. The molecule has 0 aliphatic carbocycles. The van der Waals surface area contributed by atoms with Crippen molar-refractivity contribution in [3.05, 3.63) is 58.6 Å². The van der Waals surface area contributed by atoms with Crippen LogP contribution >= 0.6 is 15.9 Å². The summed E-state index contributed by atoms with van der Waals surface area (Å²) in [6.45, 7) is 3.13. The highest BCUT2D eigenvalue weighted by Crippen LogP contribution is 2.28. The Morgan fingerprint density at radius 1 is 1.16 bits per heavy atom. The van der Waals surface area contributed by atoms with Gasteiger partial charge in [0.15, 0.2) is 0 Å². The molecule has 0 heterocycles. The van der Waals surface area contributed by atoms with Crippen molar-refractivity contribution in [2.75, 3.05) is 19.0 Å². The average Bonchev–Trinajstić information content (AvgIpc) is 2.46. The van der Waals surface area contributed by atoms with Gasteiger partial charge in [-0.1, -0.05) is 37.3 Å². The Balaban J connectivity index is 1.97. The topological polar surface area (TPSA) is 21.3 Å². The van der Waals surface area contributed by atoms with Crippen LogP contribution in [0.15, 0.2) is 53.0 Å². The van der Waals surface area contributed by atoms with Gasteiger partial charge in [0.2, 0.25) is 0 Å². The first kappa shape index (κ1) is 13.9. The van der Waals surface area contributed by atoms with Crippen molar-refractivity contribution in [3.63, 3.8) is 0 Å². The molecule has 1 atom stereocenters. The van der Waals surface area contributed by atoms with Crippen LogP contribution in [-0.2, 0) is 0 Å². The molecule has 2 aromatic carbocycles. The summed E-state index contributed by atoms with van der Waals surface area (Å²) in [5, 5.41) is 3.45. The first-order chi connectivity index (χ1) is 9.20. The lowest BCUT2D eigenvalue weighted by Gasteiger charge is -2.14. The van der Waals surface area contributed by atoms with E-state index < -0.39 is 0 Å². The molecule has 0 saturated carbocycles. The molecule has 1 N–H and O–H groups in total. The molecule has 19 heavy (non-hydrogen) atoms. The summed E-state index contributed by atoms with van der Waals surface area (Å²) in [4.78, 5) is 0. The van der Waals surface area contributed by atoms with Crippen LogP contribution in [0.5, 0.6) is 5.75 Å². The Labute approximate surface area is 122 Å². The Kier molecular flexibility index (Phi) is 4.86. The predicted octanol–water partition coefficient (Wildman–Crippen LogP) is 4.67. The Morgan fingerprint density at radius 3 is 2.53 bits per heavy atom. The molecule has 2 aromatic rings. The van der Waals surface area contributed by atoms with E-state index >= 15 is 0 Å². The van der Waals surface area contributed by atoms with Crippen LogP contribution < -0.4 is 10.1 Å². The van der Waals surface area contributed by atoms with Gasteiger partial charge in [-0.15, -0.1) is 0 Å². The largest absolute Gasteiger partial charge is 0.496 e. The van der Waals surface area contributed by atoms with Gasteiger partial charge in [0.1, 0.15) is 5.75 Å². The highest BCUT2D eigenvalue weighted by Gasteiger charge is 2.05. The maximum atomic E-state index is 5.22. The molecular weight excluding hydrogens is 302 g/mol. The minimum absolute atomic E-state index is 0.474. The molecule has 0 aliphatic heterocycles. The molecule has 0 fully saturated rings. The maximum Gasteiger partial charge on any atom is 0.133 e. The van der Waals surface area contributed by atoms with Gasteiger partial charge >= 0.3 is 0 Å². The van der Waals surface area contributed by atoms with Crippen molar-refractivity contribution in [1.29, 1.82) is 0 Å². The molecule has 2 nitrogen and oxygen atoms in total. The van der Waals surface area contributed by atoms with E-state index in [1.165, 1.54) is 5.56 Å². The Morgan fingerprint density at radius 2 is 1.89 bits per heavy atom. The van der Waals surface area contributed by atoms with Crippen LogP contribution in [0.1, 0.15) is 18.4 Å². The van der Waals surface area contributed by atoms with Crippen molar-refractivity contribution in [1.82, 2.24) is 0 Å². The second kappa shape index (κ2) is 6.62. The number of rotatable bonds is 5. The standard InChI is InChI=1S/C16H18BrNO/c1-12(13-6-4-3-5-7-13)11-18-14-8-9-16(19-2)15(17)10-14/h3-10,12,18H,11H2,1-2H3. The lowest BCUT2D eigenvalue weighted by Crippen LogP contribution is -2.09. The van der Waals surface area contributed by atoms with Crippen LogP contribution in [0.4, 0.5) is 5.69 Å². The lowest BCUT2D eigenvalue weighted by atomic mass is 10.0. The minimum atomic E-state index is 0.474. The van der Waals surface area contributed by atoms with Crippen LogP contribution in [0.25, 0.3) is 0 Å². The summed E-state index contributed by atoms with van der Waals surface area (Å²) in [5.74, 6) is 1.32. The Hall–Kier alpha value is -1.48. The molecule has 0 bridgehead atoms. The van der Waals surface area contributed by atoms with Crippen LogP contribution in [0.3, 0.4) is 0 Å². The number of halogens is 1. The monoisotopic (exact) mass is 319 g/mol. The van der Waals surface area contributed by atoms with Crippen molar-refractivity contribution in [2.24, 2.45) is 0 Å². The van der Waals surface area contributed by atoms with E-state index in [2.05, 4.69) is 52.4 Å². The van der Waals surface area contributed by atoms with Gasteiger partial charge in [-0.05, 0) is 45.6 Å². The second-order valence-electron chi connectivity index (χ2n) is 4.54. The average molecular weight is 320 g/mol. The summed E-state index contributed by atoms with van der Waals surface area (Å²) < 4.78 is 6.19. The summed E-state index contributed by atoms with van der Waals surface area (Å²) in [7, 11) is 1.67. The van der Waals surface area contributed by atoms with Crippen LogP contribution in [0.2, 0.25) is 0 Å². The summed E-state index contributed by atoms with van der Waals surface area (Å²) in [5.41, 5.74) is 2.44. The molecule has 0 aromatic heterocycles. The molecule has 0 spiro atoms. The molecule has 0 radical (unpaired) electrons. The third-order valence-electron chi connectivity index (χ3n) is 3.13. The smallest absolute Gasteiger partial charge is 0.133 e. The van der Waals surface area contributed by atoms with Gasteiger partial charge in [-0.25, -0.2) is 0 Å². The maximum absolute atomic E-state index is 5.22. The van der Waals surface area contributed by atoms with Crippen LogP contribution in [0, 0.1) is 0 Å². The minimum Gasteiger partial charge on any atom is -0.496 e. The van der Waals surface area contributed by atoms with E-state index in [1.807, 2.05) is 24.3 Å². The number of hydrogen-bond donors (Lipinski definition) is 1. The van der Waals surface area contributed by atoms with Crippen molar-refractivity contribution >= 4 is 21.6 Å². The SMILES string of the molecule is COc1ccc(NCC(C)c2ccccc2)cc1Br. The predicted molar refractivity (Wildman–Crippen MR) is 84.0 cm³/mol. The number of hydrogen-bond acceptors (Lipinski definition) is 2. The van der Waals surface area contributed by atoms with Gasteiger partial charge in [0.05, 0.1) is 11.6 Å². The molecular formula is C16H18BrNO. The fourth-order valence-corrected chi connectivity index (χ4v) is 2.49. The second-order valence-corrected chi connectivity index (χ2v) is 5.40. The first-order valence-electron chi connectivity index (χ1n) is 6.33. The van der Waals surface area contributed by atoms with E-state index in [1.54, 1.807) is 7.11 Å². The van der Waals surface area contributed by atoms with Gasteiger partial charge in [-0.3, -0.25) is 0 Å². The lowest BCUT2D eigenvalue weighted by molar-refractivity contribution is 0.412. The van der Waals surface area contributed by atoms with Gasteiger partial charge in [-0.2, -0.15) is 0 Å². The summed E-state index contributed by atoms with van der Waals surface area (Å²) in [6, 6.07) is 16.6. The van der Waals surface area contributed by atoms with Crippen LogP contribution in [-0.4, -0.2) is 13.7 Å². The fourth-order valence-electron chi connectivity index (χ4n) is 1.95. The number of methoxy groups -OCH3 is 1.